The third kappa shape index (κ3) is 3.88. The number of nitrogens with zero attached hydrogens (tertiary/aromatic N) is 1. The second-order valence-electron chi connectivity index (χ2n) is 7.25. The second-order valence-corrected chi connectivity index (χ2v) is 9.20. The van der Waals surface area contributed by atoms with Crippen LogP contribution in [0.2, 0.25) is 0 Å². The number of hydrogen-bond acceptors (Lipinski definition) is 4. The number of hydrogen-bond donors (Lipinski definition) is 0. The van der Waals surface area contributed by atoms with Crippen LogP contribution in [0.15, 0.2) is 64.4 Å². The first kappa shape index (κ1) is 18.0. The maximum atomic E-state index is 12.6. The van der Waals surface area contributed by atoms with Crippen molar-refractivity contribution in [2.45, 2.75) is 48.1 Å². The first-order chi connectivity index (χ1) is 11.8. The summed E-state index contributed by atoms with van der Waals surface area (Å²) in [5.41, 5.74) is 0.111. The van der Waals surface area contributed by atoms with E-state index in [2.05, 4.69) is 25.8 Å². The molecule has 4 nitrogen and oxygen atoms in total. The van der Waals surface area contributed by atoms with Gasteiger partial charge < -0.3 is 9.64 Å². The fourth-order valence-corrected chi connectivity index (χ4v) is 4.46. The highest BCUT2D eigenvalue weighted by Crippen LogP contribution is 2.30. The first-order valence-electron chi connectivity index (χ1n) is 8.57. The molecule has 0 saturated carbocycles. The number of piperidine rings is 1. The second kappa shape index (κ2) is 6.81. The quantitative estimate of drug-likeness (QED) is 0.834. The molecule has 0 spiro atoms. The molecule has 5 heteroatoms. The van der Waals surface area contributed by atoms with Gasteiger partial charge in [-0.2, -0.15) is 0 Å². The van der Waals surface area contributed by atoms with Gasteiger partial charge in [-0.1, -0.05) is 18.2 Å². The molecule has 1 aliphatic rings. The fourth-order valence-electron chi connectivity index (χ4n) is 3.18. The van der Waals surface area contributed by atoms with E-state index in [1.807, 2.05) is 0 Å². The molecule has 0 aliphatic carbocycles. The van der Waals surface area contributed by atoms with Crippen molar-refractivity contribution in [3.63, 3.8) is 0 Å². The molecule has 0 radical (unpaired) electrons. The van der Waals surface area contributed by atoms with Crippen molar-refractivity contribution in [1.29, 1.82) is 0 Å². The average molecular weight is 359 g/mol. The Labute approximate surface area is 150 Å². The largest absolute Gasteiger partial charge is 0.490 e. The third-order valence-corrected chi connectivity index (χ3v) is 6.82. The van der Waals surface area contributed by atoms with E-state index < -0.39 is 9.84 Å². The smallest absolute Gasteiger partial charge is 0.206 e. The molecule has 1 atom stereocenters. The molecule has 1 heterocycles. The van der Waals surface area contributed by atoms with Gasteiger partial charge in [0, 0.05) is 18.5 Å². The molecule has 1 aliphatic heterocycles. The summed E-state index contributed by atoms with van der Waals surface area (Å²) in [6.07, 6.45) is 2.08. The minimum atomic E-state index is -3.48. The number of likely N-dealkylation sites (tertiary alicyclic amines) is 1. The molecule has 3 rings (SSSR count). The van der Waals surface area contributed by atoms with Gasteiger partial charge in [0.1, 0.15) is 11.9 Å². The standard InChI is InChI=1S/C20H25NO3S/c1-20(2)15-17(13-14-21(20)3)24-16-9-11-19(12-10-16)25(22,23)18-7-5-4-6-8-18/h4-12,17H,13-15H2,1-3H3. The summed E-state index contributed by atoms with van der Waals surface area (Å²) in [6.45, 7) is 5.44. The van der Waals surface area contributed by atoms with E-state index in [0.29, 0.717) is 4.90 Å². The zero-order chi connectivity index (χ0) is 18.1. The maximum absolute atomic E-state index is 12.6. The zero-order valence-electron chi connectivity index (χ0n) is 15.0. The summed E-state index contributed by atoms with van der Waals surface area (Å²) < 4.78 is 31.3. The molecule has 134 valence electrons. The predicted molar refractivity (Wildman–Crippen MR) is 98.7 cm³/mol. The van der Waals surface area contributed by atoms with Gasteiger partial charge in [-0.05, 0) is 63.7 Å². The molecule has 2 aromatic carbocycles. The minimum Gasteiger partial charge on any atom is -0.490 e. The van der Waals surface area contributed by atoms with Crippen LogP contribution in [0.4, 0.5) is 0 Å². The summed E-state index contributed by atoms with van der Waals surface area (Å²) in [5.74, 6) is 0.720. The van der Waals surface area contributed by atoms with Crippen LogP contribution < -0.4 is 4.74 Å². The van der Waals surface area contributed by atoms with Gasteiger partial charge in [0.25, 0.3) is 0 Å². The average Bonchev–Trinajstić information content (AvgIpc) is 2.59. The Bertz CT molecular complexity index is 814. The van der Waals surface area contributed by atoms with Gasteiger partial charge >= 0.3 is 0 Å². The predicted octanol–water partition coefficient (Wildman–Crippen LogP) is 3.77. The summed E-state index contributed by atoms with van der Waals surface area (Å²) >= 11 is 0. The number of ether oxygens (including phenoxy) is 1. The van der Waals surface area contributed by atoms with Gasteiger partial charge in [-0.25, -0.2) is 8.42 Å². The molecule has 2 aromatic rings. The van der Waals surface area contributed by atoms with Crippen molar-refractivity contribution in [2.24, 2.45) is 0 Å². The van der Waals surface area contributed by atoms with Crippen LogP contribution in [-0.4, -0.2) is 38.6 Å². The highest BCUT2D eigenvalue weighted by molar-refractivity contribution is 7.91. The van der Waals surface area contributed by atoms with E-state index >= 15 is 0 Å². The molecule has 0 N–H and O–H groups in total. The Balaban J connectivity index is 1.73. The van der Waals surface area contributed by atoms with Crippen LogP contribution in [0.25, 0.3) is 0 Å². The highest BCUT2D eigenvalue weighted by Gasteiger charge is 2.33. The Morgan fingerprint density at radius 3 is 2.20 bits per heavy atom. The minimum absolute atomic E-state index is 0.111. The Morgan fingerprint density at radius 2 is 1.60 bits per heavy atom. The summed E-state index contributed by atoms with van der Waals surface area (Å²) in [4.78, 5) is 2.94. The number of rotatable bonds is 4. The molecule has 1 fully saturated rings. The van der Waals surface area contributed by atoms with E-state index in [1.165, 1.54) is 0 Å². The molecule has 1 saturated heterocycles. The van der Waals surface area contributed by atoms with Crippen LogP contribution in [0.3, 0.4) is 0 Å². The topological polar surface area (TPSA) is 46.6 Å². The van der Waals surface area contributed by atoms with Gasteiger partial charge in [0.2, 0.25) is 9.84 Å². The lowest BCUT2D eigenvalue weighted by Crippen LogP contribution is -2.50. The Hall–Kier alpha value is -1.85. The van der Waals surface area contributed by atoms with E-state index in [1.54, 1.807) is 54.6 Å². The molecule has 0 amide bonds. The van der Waals surface area contributed by atoms with Crippen LogP contribution in [0, 0.1) is 0 Å². The van der Waals surface area contributed by atoms with Crippen LogP contribution in [0.1, 0.15) is 26.7 Å². The fraction of sp³-hybridized carbons (Fsp3) is 0.400. The molecular formula is C20H25NO3S. The lowest BCUT2D eigenvalue weighted by atomic mass is 9.89. The lowest BCUT2D eigenvalue weighted by molar-refractivity contribution is 0.0260. The van der Waals surface area contributed by atoms with Crippen molar-refractivity contribution in [1.82, 2.24) is 4.90 Å². The van der Waals surface area contributed by atoms with Gasteiger partial charge in [-0.3, -0.25) is 0 Å². The molecule has 0 aromatic heterocycles. The van der Waals surface area contributed by atoms with Gasteiger partial charge in [0.05, 0.1) is 9.79 Å². The van der Waals surface area contributed by atoms with Crippen molar-refractivity contribution in [3.8, 4) is 5.75 Å². The first-order valence-corrected chi connectivity index (χ1v) is 10.1. The van der Waals surface area contributed by atoms with Crippen molar-refractivity contribution in [3.05, 3.63) is 54.6 Å². The molecular weight excluding hydrogens is 334 g/mol. The van der Waals surface area contributed by atoms with E-state index in [9.17, 15) is 8.42 Å². The molecule has 1 unspecified atom stereocenters. The highest BCUT2D eigenvalue weighted by atomic mass is 32.2. The molecule has 0 bridgehead atoms. The molecule has 25 heavy (non-hydrogen) atoms. The van der Waals surface area contributed by atoms with Crippen molar-refractivity contribution >= 4 is 9.84 Å². The summed E-state index contributed by atoms with van der Waals surface area (Å²) in [6, 6.07) is 15.2. The van der Waals surface area contributed by atoms with E-state index in [4.69, 9.17) is 4.74 Å². The van der Waals surface area contributed by atoms with Crippen molar-refractivity contribution in [2.75, 3.05) is 13.6 Å². The lowest BCUT2D eigenvalue weighted by Gasteiger charge is -2.43. The number of sulfone groups is 1. The SMILES string of the molecule is CN1CCC(Oc2ccc(S(=O)(=O)c3ccccc3)cc2)CC1(C)C. The summed E-state index contributed by atoms with van der Waals surface area (Å²) in [7, 11) is -1.34. The van der Waals surface area contributed by atoms with Crippen LogP contribution >= 0.6 is 0 Å². The maximum Gasteiger partial charge on any atom is 0.206 e. The van der Waals surface area contributed by atoms with Crippen LogP contribution in [-0.2, 0) is 9.84 Å². The number of benzene rings is 2. The van der Waals surface area contributed by atoms with Gasteiger partial charge in [0.15, 0.2) is 0 Å². The Morgan fingerprint density at radius 1 is 1.00 bits per heavy atom. The van der Waals surface area contributed by atoms with Crippen molar-refractivity contribution < 1.29 is 13.2 Å². The van der Waals surface area contributed by atoms with E-state index in [-0.39, 0.29) is 16.5 Å². The third-order valence-electron chi connectivity index (χ3n) is 5.04. The van der Waals surface area contributed by atoms with Gasteiger partial charge in [-0.15, -0.1) is 0 Å². The Kier molecular flexibility index (Phi) is 4.89. The normalized spacial score (nSPS) is 21.0. The summed E-state index contributed by atoms with van der Waals surface area (Å²) in [5, 5.41) is 0. The monoisotopic (exact) mass is 359 g/mol. The zero-order valence-corrected chi connectivity index (χ0v) is 15.8. The van der Waals surface area contributed by atoms with Crippen LogP contribution in [0.5, 0.6) is 5.75 Å². The van der Waals surface area contributed by atoms with E-state index in [0.717, 1.165) is 25.1 Å².